The Labute approximate surface area is 141 Å². The molecule has 0 aromatic heterocycles. The van der Waals surface area contributed by atoms with E-state index < -0.39 is 0 Å². The number of hydrogen-bond donors (Lipinski definition) is 1. The number of benzene rings is 1. The van der Waals surface area contributed by atoms with Crippen molar-refractivity contribution < 1.29 is 9.31 Å². The molecule has 0 spiro atoms. The Bertz CT molecular complexity index is 545. The number of nitrogens with one attached hydrogen (secondary N) is 1. The summed E-state index contributed by atoms with van der Waals surface area (Å²) in [5.74, 6) is 0.549. The third-order valence-corrected chi connectivity index (χ3v) is 4.89. The predicted octanol–water partition coefficient (Wildman–Crippen LogP) is 4.04. The van der Waals surface area contributed by atoms with Crippen LogP contribution in [0.4, 0.5) is 0 Å². The summed E-state index contributed by atoms with van der Waals surface area (Å²) in [6.45, 7) is 13.5. The van der Waals surface area contributed by atoms with Gasteiger partial charge in [-0.1, -0.05) is 44.2 Å². The average Bonchev–Trinajstić information content (AvgIpc) is 2.67. The van der Waals surface area contributed by atoms with Gasteiger partial charge in [0.05, 0.1) is 11.2 Å². The molecule has 3 nitrogen and oxygen atoms in total. The van der Waals surface area contributed by atoms with Gasteiger partial charge in [0.25, 0.3) is 0 Å². The molecule has 1 aliphatic heterocycles. The maximum Gasteiger partial charge on any atom is 0.491 e. The minimum atomic E-state index is -0.313. The Morgan fingerprint density at radius 3 is 2.04 bits per heavy atom. The molecule has 1 aliphatic rings. The summed E-state index contributed by atoms with van der Waals surface area (Å²) < 4.78 is 12.4. The van der Waals surface area contributed by atoms with Crippen LogP contribution < -0.4 is 5.32 Å². The summed E-state index contributed by atoms with van der Waals surface area (Å²) in [5.41, 5.74) is 3.02. The first-order valence-electron chi connectivity index (χ1n) is 8.47. The van der Waals surface area contributed by atoms with Gasteiger partial charge in [0.1, 0.15) is 0 Å². The first kappa shape index (κ1) is 18.2. The third kappa shape index (κ3) is 4.06. The number of rotatable bonds is 5. The highest BCUT2D eigenvalue weighted by Crippen LogP contribution is 2.38. The van der Waals surface area contributed by atoms with Crippen molar-refractivity contribution >= 4 is 13.2 Å². The van der Waals surface area contributed by atoms with Crippen molar-refractivity contribution in [2.45, 2.75) is 58.7 Å². The van der Waals surface area contributed by atoms with E-state index in [4.69, 9.17) is 9.31 Å². The molecule has 0 atom stereocenters. The maximum absolute atomic E-state index is 6.18. The van der Waals surface area contributed by atoms with Gasteiger partial charge in [-0.3, -0.25) is 0 Å². The van der Waals surface area contributed by atoms with Crippen molar-refractivity contribution in [2.24, 2.45) is 0 Å². The zero-order valence-corrected chi connectivity index (χ0v) is 15.6. The molecule has 1 saturated heterocycles. The minimum Gasteiger partial charge on any atom is -0.400 e. The van der Waals surface area contributed by atoms with E-state index in [0.717, 1.165) is 12.0 Å². The van der Waals surface area contributed by atoms with Crippen molar-refractivity contribution in [3.63, 3.8) is 0 Å². The van der Waals surface area contributed by atoms with E-state index in [1.165, 1.54) is 11.1 Å². The lowest BCUT2D eigenvalue weighted by atomic mass is 9.77. The average molecular weight is 315 g/mol. The van der Waals surface area contributed by atoms with Crippen LogP contribution in [0.15, 0.2) is 29.7 Å². The second-order valence-corrected chi connectivity index (χ2v) is 7.66. The van der Waals surface area contributed by atoms with Gasteiger partial charge in [-0.2, -0.15) is 0 Å². The standard InChI is InChI=1S/C19H30BNO2/c1-14(2)16-10-8-15(9-11-16)12-17(13-21-7)20-22-18(3,4)19(5,6)23-20/h8-12,14,21H,13H2,1-7H3. The molecule has 0 bridgehead atoms. The third-order valence-electron chi connectivity index (χ3n) is 4.89. The molecule has 0 unspecified atom stereocenters. The van der Waals surface area contributed by atoms with Gasteiger partial charge in [0.15, 0.2) is 0 Å². The Morgan fingerprint density at radius 2 is 1.61 bits per heavy atom. The first-order valence-corrected chi connectivity index (χ1v) is 8.47. The molecule has 0 amide bonds. The van der Waals surface area contributed by atoms with Gasteiger partial charge < -0.3 is 14.6 Å². The van der Waals surface area contributed by atoms with Crippen molar-refractivity contribution in [2.75, 3.05) is 13.6 Å². The van der Waals surface area contributed by atoms with Gasteiger partial charge in [-0.15, -0.1) is 0 Å². The Kier molecular flexibility index (Phi) is 5.39. The SMILES string of the molecule is CNCC(=Cc1ccc(C(C)C)cc1)B1OC(C)(C)C(C)(C)O1. The molecule has 2 rings (SSSR count). The van der Waals surface area contributed by atoms with E-state index in [1.807, 2.05) is 7.05 Å². The summed E-state index contributed by atoms with van der Waals surface area (Å²) in [7, 11) is 1.64. The number of likely N-dealkylation sites (N-methyl/N-ethyl adjacent to an activating group) is 1. The lowest BCUT2D eigenvalue weighted by Crippen LogP contribution is -2.41. The first-order chi connectivity index (χ1) is 10.7. The lowest BCUT2D eigenvalue weighted by molar-refractivity contribution is 0.00578. The Hall–Kier alpha value is -1.10. The molecule has 1 fully saturated rings. The fourth-order valence-corrected chi connectivity index (χ4v) is 2.59. The Balaban J connectivity index is 2.25. The zero-order chi connectivity index (χ0) is 17.3. The van der Waals surface area contributed by atoms with Crippen LogP contribution in [-0.4, -0.2) is 31.9 Å². The normalized spacial score (nSPS) is 20.3. The summed E-state index contributed by atoms with van der Waals surface area (Å²) in [4.78, 5) is 0. The van der Waals surface area contributed by atoms with E-state index >= 15 is 0 Å². The summed E-state index contributed by atoms with van der Waals surface area (Å²) >= 11 is 0. The molecular formula is C19H30BNO2. The van der Waals surface area contributed by atoms with E-state index in [1.54, 1.807) is 0 Å². The quantitative estimate of drug-likeness (QED) is 0.832. The van der Waals surface area contributed by atoms with Crippen LogP contribution in [0.25, 0.3) is 6.08 Å². The molecule has 0 saturated carbocycles. The highest BCUT2D eigenvalue weighted by atomic mass is 16.7. The van der Waals surface area contributed by atoms with E-state index in [2.05, 4.69) is 77.2 Å². The van der Waals surface area contributed by atoms with Crippen molar-refractivity contribution in [3.8, 4) is 0 Å². The van der Waals surface area contributed by atoms with Gasteiger partial charge in [-0.25, -0.2) is 0 Å². The van der Waals surface area contributed by atoms with Crippen LogP contribution in [0.5, 0.6) is 0 Å². The topological polar surface area (TPSA) is 30.5 Å². The van der Waals surface area contributed by atoms with Gasteiger partial charge in [0.2, 0.25) is 0 Å². The highest BCUT2D eigenvalue weighted by Gasteiger charge is 2.52. The molecule has 1 aromatic carbocycles. The summed E-state index contributed by atoms with van der Waals surface area (Å²) in [6.07, 6.45) is 2.17. The summed E-state index contributed by atoms with van der Waals surface area (Å²) in [6, 6.07) is 8.71. The van der Waals surface area contributed by atoms with E-state index in [-0.39, 0.29) is 18.3 Å². The lowest BCUT2D eigenvalue weighted by Gasteiger charge is -2.32. The van der Waals surface area contributed by atoms with Gasteiger partial charge in [-0.05, 0) is 57.3 Å². The van der Waals surface area contributed by atoms with Crippen molar-refractivity contribution in [3.05, 3.63) is 40.9 Å². The highest BCUT2D eigenvalue weighted by molar-refractivity contribution is 6.55. The van der Waals surface area contributed by atoms with Crippen LogP contribution in [0.2, 0.25) is 0 Å². The molecule has 4 heteroatoms. The van der Waals surface area contributed by atoms with Crippen molar-refractivity contribution in [1.29, 1.82) is 0 Å². The van der Waals surface area contributed by atoms with Crippen LogP contribution in [0, 0.1) is 0 Å². The fraction of sp³-hybridized carbons (Fsp3) is 0.579. The van der Waals surface area contributed by atoms with Crippen molar-refractivity contribution in [1.82, 2.24) is 5.32 Å². The molecule has 23 heavy (non-hydrogen) atoms. The van der Waals surface area contributed by atoms with Crippen LogP contribution >= 0.6 is 0 Å². The minimum absolute atomic E-state index is 0.308. The van der Waals surface area contributed by atoms with Gasteiger partial charge in [0, 0.05) is 6.54 Å². The molecule has 0 radical (unpaired) electrons. The smallest absolute Gasteiger partial charge is 0.400 e. The van der Waals surface area contributed by atoms with E-state index in [9.17, 15) is 0 Å². The second kappa shape index (κ2) is 6.80. The zero-order valence-electron chi connectivity index (χ0n) is 15.6. The monoisotopic (exact) mass is 315 g/mol. The molecule has 1 N–H and O–H groups in total. The van der Waals surface area contributed by atoms with E-state index in [0.29, 0.717) is 5.92 Å². The molecule has 1 aromatic rings. The second-order valence-electron chi connectivity index (χ2n) is 7.66. The Morgan fingerprint density at radius 1 is 1.09 bits per heavy atom. The predicted molar refractivity (Wildman–Crippen MR) is 98.5 cm³/mol. The molecule has 126 valence electrons. The largest absolute Gasteiger partial charge is 0.491 e. The fourth-order valence-electron chi connectivity index (χ4n) is 2.59. The van der Waals surface area contributed by atoms with Crippen LogP contribution in [0.1, 0.15) is 58.6 Å². The number of hydrogen-bond acceptors (Lipinski definition) is 3. The maximum atomic E-state index is 6.18. The van der Waals surface area contributed by atoms with Gasteiger partial charge >= 0.3 is 7.12 Å². The summed E-state index contributed by atoms with van der Waals surface area (Å²) in [5, 5.41) is 3.22. The van der Waals surface area contributed by atoms with Crippen LogP contribution in [0.3, 0.4) is 0 Å². The molecule has 0 aliphatic carbocycles. The van der Waals surface area contributed by atoms with Crippen LogP contribution in [-0.2, 0) is 9.31 Å². The molecular weight excluding hydrogens is 285 g/mol. The molecule has 1 heterocycles.